The van der Waals surface area contributed by atoms with E-state index in [4.69, 9.17) is 4.74 Å². The Bertz CT molecular complexity index is 836. The fraction of sp³-hybridized carbons (Fsp3) is 0.478. The van der Waals surface area contributed by atoms with E-state index in [-0.39, 0.29) is 17.9 Å². The maximum Gasteiger partial charge on any atom is 0.254 e. The standard InChI is InChI=1S/C23H31N3O3S/c1-4-25(5-2)13-12-24-22(27)20-17-9-6-7-10-18(17)23(28)26(14-15-29-3)21(20)19-11-8-16-30-19/h6-11,16,20-21H,4-5,12-15H2,1-3H3,(H,24,27). The smallest absolute Gasteiger partial charge is 0.254 e. The molecular weight excluding hydrogens is 398 g/mol. The van der Waals surface area contributed by atoms with E-state index >= 15 is 0 Å². The Balaban J connectivity index is 1.94. The molecule has 2 atom stereocenters. The third-order valence-electron chi connectivity index (χ3n) is 5.71. The van der Waals surface area contributed by atoms with Crippen LogP contribution in [0, 0.1) is 0 Å². The number of amides is 2. The van der Waals surface area contributed by atoms with E-state index in [9.17, 15) is 9.59 Å². The van der Waals surface area contributed by atoms with E-state index in [0.29, 0.717) is 25.3 Å². The fourth-order valence-electron chi connectivity index (χ4n) is 4.07. The zero-order chi connectivity index (χ0) is 21.5. The predicted octanol–water partition coefficient (Wildman–Crippen LogP) is 3.13. The van der Waals surface area contributed by atoms with Gasteiger partial charge in [-0.15, -0.1) is 11.3 Å². The molecule has 2 amide bonds. The van der Waals surface area contributed by atoms with E-state index in [2.05, 4.69) is 24.1 Å². The molecule has 0 radical (unpaired) electrons. The third kappa shape index (κ3) is 4.74. The normalized spacial score (nSPS) is 18.5. The van der Waals surface area contributed by atoms with Gasteiger partial charge < -0.3 is 19.9 Å². The van der Waals surface area contributed by atoms with Crippen LogP contribution < -0.4 is 5.32 Å². The summed E-state index contributed by atoms with van der Waals surface area (Å²) >= 11 is 1.58. The van der Waals surface area contributed by atoms with Crippen LogP contribution in [0.4, 0.5) is 0 Å². The molecule has 2 heterocycles. The van der Waals surface area contributed by atoms with Gasteiger partial charge in [0.15, 0.2) is 0 Å². The molecule has 2 unspecified atom stereocenters. The number of nitrogens with one attached hydrogen (secondary N) is 1. The van der Waals surface area contributed by atoms with Crippen molar-refractivity contribution in [3.63, 3.8) is 0 Å². The highest BCUT2D eigenvalue weighted by atomic mass is 32.1. The van der Waals surface area contributed by atoms with Gasteiger partial charge in [-0.2, -0.15) is 0 Å². The topological polar surface area (TPSA) is 61.9 Å². The van der Waals surface area contributed by atoms with Crippen LogP contribution in [0.15, 0.2) is 41.8 Å². The minimum Gasteiger partial charge on any atom is -0.383 e. The van der Waals surface area contributed by atoms with Gasteiger partial charge >= 0.3 is 0 Å². The third-order valence-corrected chi connectivity index (χ3v) is 6.66. The average Bonchev–Trinajstić information content (AvgIpc) is 3.30. The van der Waals surface area contributed by atoms with Gasteiger partial charge in [0.2, 0.25) is 5.91 Å². The van der Waals surface area contributed by atoms with Gasteiger partial charge in [-0.3, -0.25) is 9.59 Å². The molecule has 1 aliphatic heterocycles. The molecule has 0 saturated carbocycles. The molecule has 7 heteroatoms. The minimum absolute atomic E-state index is 0.0390. The molecule has 30 heavy (non-hydrogen) atoms. The number of methoxy groups -OCH3 is 1. The lowest BCUT2D eigenvalue weighted by Crippen LogP contribution is -2.48. The molecule has 6 nitrogen and oxygen atoms in total. The number of ether oxygens (including phenoxy) is 1. The second-order valence-corrected chi connectivity index (χ2v) is 8.31. The van der Waals surface area contributed by atoms with Crippen LogP contribution in [0.5, 0.6) is 0 Å². The van der Waals surface area contributed by atoms with Crippen LogP contribution in [-0.4, -0.2) is 68.1 Å². The Hall–Kier alpha value is -2.22. The van der Waals surface area contributed by atoms with E-state index in [1.807, 2.05) is 41.8 Å². The van der Waals surface area contributed by atoms with Gasteiger partial charge in [0.1, 0.15) is 0 Å². The lowest BCUT2D eigenvalue weighted by molar-refractivity contribution is -0.124. The number of carbonyl (C=O) groups excluding carboxylic acids is 2. The minimum atomic E-state index is -0.453. The molecule has 1 aromatic heterocycles. The van der Waals surface area contributed by atoms with Crippen molar-refractivity contribution in [2.75, 3.05) is 46.4 Å². The van der Waals surface area contributed by atoms with Crippen LogP contribution in [0.1, 0.15) is 46.6 Å². The Morgan fingerprint density at radius 2 is 1.97 bits per heavy atom. The number of likely N-dealkylation sites (N-methyl/N-ethyl adjacent to an activating group) is 1. The van der Waals surface area contributed by atoms with E-state index in [1.54, 1.807) is 23.3 Å². The maximum absolute atomic E-state index is 13.5. The first-order chi connectivity index (χ1) is 14.6. The second-order valence-electron chi connectivity index (χ2n) is 7.33. The van der Waals surface area contributed by atoms with Crippen molar-refractivity contribution in [3.05, 3.63) is 57.8 Å². The van der Waals surface area contributed by atoms with Crippen LogP contribution in [-0.2, 0) is 9.53 Å². The first-order valence-corrected chi connectivity index (χ1v) is 11.4. The van der Waals surface area contributed by atoms with Crippen molar-refractivity contribution in [2.24, 2.45) is 0 Å². The summed E-state index contributed by atoms with van der Waals surface area (Å²) in [4.78, 5) is 31.9. The van der Waals surface area contributed by atoms with Gasteiger partial charge in [-0.05, 0) is 36.2 Å². The molecule has 3 rings (SSSR count). The molecule has 0 bridgehead atoms. The molecule has 162 valence electrons. The number of rotatable bonds is 10. The molecule has 2 aromatic rings. The molecule has 0 saturated heterocycles. The number of hydrogen-bond acceptors (Lipinski definition) is 5. The summed E-state index contributed by atoms with van der Waals surface area (Å²) in [5.74, 6) is -0.540. The van der Waals surface area contributed by atoms with Gasteiger partial charge in [0, 0.05) is 37.2 Å². The predicted molar refractivity (Wildman–Crippen MR) is 120 cm³/mol. The Labute approximate surface area is 182 Å². The molecule has 1 N–H and O–H groups in total. The summed E-state index contributed by atoms with van der Waals surface area (Å²) in [7, 11) is 1.62. The van der Waals surface area contributed by atoms with Crippen molar-refractivity contribution in [3.8, 4) is 0 Å². The zero-order valence-corrected chi connectivity index (χ0v) is 18.8. The van der Waals surface area contributed by atoms with Crippen LogP contribution >= 0.6 is 11.3 Å². The quantitative estimate of drug-likeness (QED) is 0.630. The SMILES string of the molecule is CCN(CC)CCNC(=O)C1c2ccccc2C(=O)N(CCOC)C1c1cccs1. The number of carbonyl (C=O) groups is 2. The summed E-state index contributed by atoms with van der Waals surface area (Å²) in [5, 5.41) is 5.12. The van der Waals surface area contributed by atoms with Crippen molar-refractivity contribution < 1.29 is 14.3 Å². The molecule has 0 spiro atoms. The Kier molecular flexibility index (Phi) is 8.01. The number of hydrogen-bond donors (Lipinski definition) is 1. The Morgan fingerprint density at radius 3 is 2.63 bits per heavy atom. The molecule has 1 aliphatic rings. The van der Waals surface area contributed by atoms with Gasteiger partial charge in [-0.1, -0.05) is 38.1 Å². The highest BCUT2D eigenvalue weighted by molar-refractivity contribution is 7.10. The monoisotopic (exact) mass is 429 g/mol. The van der Waals surface area contributed by atoms with E-state index < -0.39 is 5.92 Å². The second kappa shape index (κ2) is 10.7. The van der Waals surface area contributed by atoms with E-state index in [1.165, 1.54) is 0 Å². The molecular formula is C23H31N3O3S. The van der Waals surface area contributed by atoms with Gasteiger partial charge in [-0.25, -0.2) is 0 Å². The van der Waals surface area contributed by atoms with Crippen molar-refractivity contribution in [2.45, 2.75) is 25.8 Å². The number of thiophene rings is 1. The summed E-state index contributed by atoms with van der Waals surface area (Å²) in [6, 6.07) is 11.1. The molecule has 1 aromatic carbocycles. The number of fused-ring (bicyclic) bond motifs is 1. The van der Waals surface area contributed by atoms with Crippen LogP contribution in [0.2, 0.25) is 0 Å². The number of benzene rings is 1. The average molecular weight is 430 g/mol. The first-order valence-electron chi connectivity index (χ1n) is 10.5. The highest BCUT2D eigenvalue weighted by Gasteiger charge is 2.44. The fourth-order valence-corrected chi connectivity index (χ4v) is 4.95. The lowest BCUT2D eigenvalue weighted by atomic mass is 9.81. The maximum atomic E-state index is 13.5. The largest absolute Gasteiger partial charge is 0.383 e. The van der Waals surface area contributed by atoms with Crippen LogP contribution in [0.3, 0.4) is 0 Å². The van der Waals surface area contributed by atoms with Crippen molar-refractivity contribution >= 4 is 23.2 Å². The van der Waals surface area contributed by atoms with E-state index in [0.717, 1.165) is 30.1 Å². The van der Waals surface area contributed by atoms with Crippen LogP contribution in [0.25, 0.3) is 0 Å². The summed E-state index contributed by atoms with van der Waals surface area (Å²) in [6.07, 6.45) is 0. The first kappa shape index (κ1) is 22.5. The molecule has 0 aliphatic carbocycles. The molecule has 0 fully saturated rings. The number of nitrogens with zero attached hydrogens (tertiary/aromatic N) is 2. The van der Waals surface area contributed by atoms with Crippen molar-refractivity contribution in [1.29, 1.82) is 0 Å². The van der Waals surface area contributed by atoms with Crippen molar-refractivity contribution in [1.82, 2.24) is 15.1 Å². The summed E-state index contributed by atoms with van der Waals surface area (Å²) in [5.41, 5.74) is 1.40. The van der Waals surface area contributed by atoms with Gasteiger partial charge in [0.25, 0.3) is 5.91 Å². The summed E-state index contributed by atoms with van der Waals surface area (Å²) < 4.78 is 5.26. The highest BCUT2D eigenvalue weighted by Crippen LogP contribution is 2.44. The zero-order valence-electron chi connectivity index (χ0n) is 18.0. The lowest BCUT2D eigenvalue weighted by Gasteiger charge is -2.41. The summed E-state index contributed by atoms with van der Waals surface area (Å²) in [6.45, 7) is 8.40. The Morgan fingerprint density at radius 1 is 1.20 bits per heavy atom. The van der Waals surface area contributed by atoms with Gasteiger partial charge in [0.05, 0.1) is 18.6 Å².